The van der Waals surface area contributed by atoms with Crippen LogP contribution in [0.15, 0.2) is 24.1 Å². The summed E-state index contributed by atoms with van der Waals surface area (Å²) in [6.07, 6.45) is 5.91. The van der Waals surface area contributed by atoms with Crippen molar-refractivity contribution in [2.75, 3.05) is 0 Å². The molecule has 0 unspecified atom stereocenters. The Morgan fingerprint density at radius 2 is 2.09 bits per heavy atom. The molecular weight excluding hydrogens is 139 g/mol. The summed E-state index contributed by atoms with van der Waals surface area (Å²) in [6.45, 7) is 7.33. The number of hydrogen-bond donors (Lipinski definition) is 0. The van der Waals surface area contributed by atoms with Gasteiger partial charge < -0.3 is 0 Å². The zero-order chi connectivity index (χ0) is 8.69. The van der Waals surface area contributed by atoms with Crippen LogP contribution in [-0.4, -0.2) is 0 Å². The molecular formula is C10H17F. The van der Waals surface area contributed by atoms with E-state index >= 15 is 0 Å². The Balaban J connectivity index is 3.48. The summed E-state index contributed by atoms with van der Waals surface area (Å²) in [4.78, 5) is 0. The monoisotopic (exact) mass is 156 g/mol. The van der Waals surface area contributed by atoms with Crippen molar-refractivity contribution in [3.8, 4) is 0 Å². The average Bonchev–Trinajstić information content (AvgIpc) is 1.97. The van der Waals surface area contributed by atoms with E-state index in [2.05, 4.69) is 13.5 Å². The first-order valence-corrected chi connectivity index (χ1v) is 4.20. The minimum Gasteiger partial charge on any atom is -0.207 e. The highest BCUT2D eigenvalue weighted by Crippen LogP contribution is 2.10. The van der Waals surface area contributed by atoms with E-state index in [1.807, 2.05) is 0 Å². The lowest BCUT2D eigenvalue weighted by atomic mass is 10.2. The van der Waals surface area contributed by atoms with E-state index in [-0.39, 0.29) is 5.83 Å². The van der Waals surface area contributed by atoms with Crippen LogP contribution in [0.2, 0.25) is 0 Å². The predicted molar refractivity (Wildman–Crippen MR) is 48.1 cm³/mol. The van der Waals surface area contributed by atoms with Crippen molar-refractivity contribution in [2.24, 2.45) is 0 Å². The Bertz CT molecular complexity index is 145. The topological polar surface area (TPSA) is 0 Å². The first-order chi connectivity index (χ1) is 5.18. The number of hydrogen-bond acceptors (Lipinski definition) is 0. The van der Waals surface area contributed by atoms with Gasteiger partial charge >= 0.3 is 0 Å². The molecule has 1 heteroatoms. The second-order valence-electron chi connectivity index (χ2n) is 2.83. The first kappa shape index (κ1) is 10.4. The SMILES string of the molecule is C=C(C)/C(F)=C\CCCCC. The molecule has 11 heavy (non-hydrogen) atoms. The van der Waals surface area contributed by atoms with Crippen molar-refractivity contribution in [2.45, 2.75) is 39.5 Å². The lowest BCUT2D eigenvalue weighted by Crippen LogP contribution is -1.76. The summed E-state index contributed by atoms with van der Waals surface area (Å²) >= 11 is 0. The summed E-state index contributed by atoms with van der Waals surface area (Å²) in [5, 5.41) is 0. The highest BCUT2D eigenvalue weighted by molar-refractivity contribution is 5.18. The molecule has 0 aromatic rings. The molecule has 0 radical (unpaired) electrons. The van der Waals surface area contributed by atoms with Gasteiger partial charge in [0.05, 0.1) is 0 Å². The maximum absolute atomic E-state index is 12.7. The molecule has 0 aliphatic rings. The second kappa shape index (κ2) is 6.14. The third-order valence-corrected chi connectivity index (χ3v) is 1.54. The van der Waals surface area contributed by atoms with Crippen LogP contribution < -0.4 is 0 Å². The van der Waals surface area contributed by atoms with Crippen LogP contribution in [0.1, 0.15) is 39.5 Å². The van der Waals surface area contributed by atoms with Crippen molar-refractivity contribution in [1.82, 2.24) is 0 Å². The molecule has 0 rings (SSSR count). The third-order valence-electron chi connectivity index (χ3n) is 1.54. The number of unbranched alkanes of at least 4 members (excludes halogenated alkanes) is 3. The summed E-state index contributed by atoms with van der Waals surface area (Å²) in [5.41, 5.74) is 0.529. The lowest BCUT2D eigenvalue weighted by Gasteiger charge is -1.94. The molecule has 0 bridgehead atoms. The largest absolute Gasteiger partial charge is 0.207 e. The Labute approximate surface area is 68.8 Å². The molecule has 0 atom stereocenters. The van der Waals surface area contributed by atoms with E-state index in [0.717, 1.165) is 12.8 Å². The summed E-state index contributed by atoms with van der Waals surface area (Å²) in [6, 6.07) is 0. The molecule has 0 nitrogen and oxygen atoms in total. The van der Waals surface area contributed by atoms with Crippen molar-refractivity contribution in [1.29, 1.82) is 0 Å². The fourth-order valence-corrected chi connectivity index (χ4v) is 0.797. The van der Waals surface area contributed by atoms with Crippen molar-refractivity contribution >= 4 is 0 Å². The van der Waals surface area contributed by atoms with E-state index in [9.17, 15) is 4.39 Å². The molecule has 0 aromatic carbocycles. The molecule has 0 fully saturated rings. The fourth-order valence-electron chi connectivity index (χ4n) is 0.797. The lowest BCUT2D eigenvalue weighted by molar-refractivity contribution is 0.636. The van der Waals surface area contributed by atoms with Crippen LogP contribution in [0.4, 0.5) is 4.39 Å². The molecule has 0 heterocycles. The quantitative estimate of drug-likeness (QED) is 0.417. The van der Waals surface area contributed by atoms with Crippen LogP contribution in [0.3, 0.4) is 0 Å². The van der Waals surface area contributed by atoms with Gasteiger partial charge in [-0.1, -0.05) is 26.3 Å². The van der Waals surface area contributed by atoms with Crippen LogP contribution >= 0.6 is 0 Å². The minimum absolute atomic E-state index is 0.152. The van der Waals surface area contributed by atoms with Gasteiger partial charge in [-0.05, 0) is 31.4 Å². The van der Waals surface area contributed by atoms with Gasteiger partial charge in [-0.25, -0.2) is 4.39 Å². The average molecular weight is 156 g/mol. The molecule has 0 saturated carbocycles. The minimum atomic E-state index is -0.152. The number of halogens is 1. The van der Waals surface area contributed by atoms with E-state index in [0.29, 0.717) is 5.57 Å². The van der Waals surface area contributed by atoms with E-state index in [1.54, 1.807) is 13.0 Å². The third kappa shape index (κ3) is 5.84. The van der Waals surface area contributed by atoms with Crippen LogP contribution in [0, 0.1) is 0 Å². The molecule has 0 aliphatic heterocycles. The molecule has 0 aliphatic carbocycles. The maximum Gasteiger partial charge on any atom is 0.121 e. The first-order valence-electron chi connectivity index (χ1n) is 4.20. The van der Waals surface area contributed by atoms with Gasteiger partial charge in [0.15, 0.2) is 0 Å². The highest BCUT2D eigenvalue weighted by Gasteiger charge is 1.92. The Kier molecular flexibility index (Phi) is 5.81. The molecule has 0 aromatic heterocycles. The van der Waals surface area contributed by atoms with E-state index < -0.39 is 0 Å². The Morgan fingerprint density at radius 3 is 2.55 bits per heavy atom. The zero-order valence-electron chi connectivity index (χ0n) is 7.49. The maximum atomic E-state index is 12.7. The molecule has 0 saturated heterocycles. The standard InChI is InChI=1S/C10H17F/c1-4-5-6-7-8-10(11)9(2)3/h8H,2,4-7H2,1,3H3/b10-8+. The Hall–Kier alpha value is -0.590. The predicted octanol–water partition coefficient (Wildman–Crippen LogP) is 4.00. The summed E-state index contributed by atoms with van der Waals surface area (Å²) < 4.78 is 12.7. The zero-order valence-corrected chi connectivity index (χ0v) is 7.49. The van der Waals surface area contributed by atoms with Gasteiger partial charge in [0.1, 0.15) is 5.83 Å². The summed E-state index contributed by atoms with van der Waals surface area (Å²) in [7, 11) is 0. The van der Waals surface area contributed by atoms with Crippen LogP contribution in [-0.2, 0) is 0 Å². The highest BCUT2D eigenvalue weighted by atomic mass is 19.1. The van der Waals surface area contributed by atoms with Crippen LogP contribution in [0.25, 0.3) is 0 Å². The Morgan fingerprint density at radius 1 is 1.45 bits per heavy atom. The number of rotatable bonds is 5. The normalized spacial score (nSPS) is 11.7. The van der Waals surface area contributed by atoms with Gasteiger partial charge in [-0.2, -0.15) is 0 Å². The van der Waals surface area contributed by atoms with Gasteiger partial charge in [-0.3, -0.25) is 0 Å². The molecule has 0 N–H and O–H groups in total. The van der Waals surface area contributed by atoms with Gasteiger partial charge in [0, 0.05) is 0 Å². The van der Waals surface area contributed by atoms with Crippen molar-refractivity contribution in [3.63, 3.8) is 0 Å². The van der Waals surface area contributed by atoms with Crippen molar-refractivity contribution in [3.05, 3.63) is 24.1 Å². The molecule has 0 amide bonds. The molecule has 0 spiro atoms. The molecule has 64 valence electrons. The van der Waals surface area contributed by atoms with Gasteiger partial charge in [-0.15, -0.1) is 0 Å². The van der Waals surface area contributed by atoms with E-state index in [1.165, 1.54) is 12.8 Å². The van der Waals surface area contributed by atoms with Crippen LogP contribution in [0.5, 0.6) is 0 Å². The smallest absolute Gasteiger partial charge is 0.121 e. The van der Waals surface area contributed by atoms with Gasteiger partial charge in [0.25, 0.3) is 0 Å². The van der Waals surface area contributed by atoms with Crippen molar-refractivity contribution < 1.29 is 4.39 Å². The van der Waals surface area contributed by atoms with E-state index in [4.69, 9.17) is 0 Å². The second-order valence-corrected chi connectivity index (χ2v) is 2.83. The number of allylic oxidation sites excluding steroid dienone is 3. The summed E-state index contributed by atoms with van der Waals surface area (Å²) in [5.74, 6) is -0.152. The van der Waals surface area contributed by atoms with Gasteiger partial charge in [0.2, 0.25) is 0 Å². The fraction of sp³-hybridized carbons (Fsp3) is 0.600.